The Bertz CT molecular complexity index is 1010. The van der Waals surface area contributed by atoms with Crippen molar-refractivity contribution in [2.75, 3.05) is 0 Å². The van der Waals surface area contributed by atoms with E-state index in [-0.39, 0.29) is 18.0 Å². The Morgan fingerprint density at radius 2 is 2.12 bits per heavy atom. The molecule has 132 valence electrons. The van der Waals surface area contributed by atoms with Crippen LogP contribution in [0.5, 0.6) is 0 Å². The summed E-state index contributed by atoms with van der Waals surface area (Å²) in [7, 11) is 0. The normalized spacial score (nSPS) is 21.4. The highest BCUT2D eigenvalue weighted by atomic mass is 16.2. The molecule has 2 bridgehead atoms. The lowest BCUT2D eigenvalue weighted by Crippen LogP contribution is -2.42. The van der Waals surface area contributed by atoms with Gasteiger partial charge in [-0.15, -0.1) is 5.10 Å². The summed E-state index contributed by atoms with van der Waals surface area (Å²) in [5, 5.41) is 7.88. The van der Waals surface area contributed by atoms with Crippen molar-refractivity contribution in [3.63, 3.8) is 0 Å². The largest absolute Gasteiger partial charge is 0.328 e. The summed E-state index contributed by atoms with van der Waals surface area (Å²) in [4.78, 5) is 24.6. The minimum atomic E-state index is 0.0495. The first kappa shape index (κ1) is 15.4. The summed E-state index contributed by atoms with van der Waals surface area (Å²) >= 11 is 0. The predicted molar refractivity (Wildman–Crippen MR) is 94.7 cm³/mol. The highest BCUT2D eigenvalue weighted by Crippen LogP contribution is 2.43. The number of carbonyl (C=O) groups excluding carboxylic acids is 1. The molecule has 3 aromatic heterocycles. The van der Waals surface area contributed by atoms with Crippen molar-refractivity contribution < 1.29 is 4.79 Å². The summed E-state index contributed by atoms with van der Waals surface area (Å²) in [6.07, 6.45) is 8.17. The monoisotopic (exact) mass is 348 g/mol. The number of hydrogen-bond acceptors (Lipinski definition) is 5. The Morgan fingerprint density at radius 1 is 1.23 bits per heavy atom. The summed E-state index contributed by atoms with van der Waals surface area (Å²) in [5.41, 5.74) is 3.75. The van der Waals surface area contributed by atoms with Crippen molar-refractivity contribution in [2.24, 2.45) is 0 Å². The van der Waals surface area contributed by atoms with E-state index in [0.29, 0.717) is 11.5 Å². The van der Waals surface area contributed by atoms with Gasteiger partial charge in [-0.2, -0.15) is 0 Å². The lowest BCUT2D eigenvalue weighted by atomic mass is 9.98. The van der Waals surface area contributed by atoms with E-state index in [4.69, 9.17) is 4.98 Å². The van der Waals surface area contributed by atoms with Gasteiger partial charge in [0.15, 0.2) is 0 Å². The number of aromatic nitrogens is 5. The first-order valence-corrected chi connectivity index (χ1v) is 9.10. The van der Waals surface area contributed by atoms with E-state index in [0.717, 1.165) is 41.9 Å². The van der Waals surface area contributed by atoms with Gasteiger partial charge in [0.05, 0.1) is 29.0 Å². The van der Waals surface area contributed by atoms with Crippen LogP contribution in [0.15, 0.2) is 30.7 Å². The standard InChI is InChI=1S/C19H20N6O/c1-11(2)18-20-9-15-16(22-18)7-13-5-6-17(15)25(13)19(26)12-3-4-14-8-21-23-24(14)10-12/h3-4,8-11,13,17H,5-7H2,1-2H3. The molecule has 0 spiro atoms. The van der Waals surface area contributed by atoms with Gasteiger partial charge in [0.2, 0.25) is 0 Å². The second-order valence-corrected chi connectivity index (χ2v) is 7.47. The lowest BCUT2D eigenvalue weighted by Gasteiger charge is -2.36. The quantitative estimate of drug-likeness (QED) is 0.711. The Hall–Kier alpha value is -2.83. The molecule has 26 heavy (non-hydrogen) atoms. The Labute approximate surface area is 151 Å². The molecule has 2 atom stereocenters. The minimum absolute atomic E-state index is 0.0495. The predicted octanol–water partition coefficient (Wildman–Crippen LogP) is 2.54. The lowest BCUT2D eigenvalue weighted by molar-refractivity contribution is 0.0643. The molecule has 3 aromatic rings. The van der Waals surface area contributed by atoms with Crippen LogP contribution in [-0.2, 0) is 6.42 Å². The van der Waals surface area contributed by atoms with Crippen molar-refractivity contribution in [3.05, 3.63) is 53.4 Å². The molecule has 2 aliphatic heterocycles. The molecule has 0 aromatic carbocycles. The zero-order chi connectivity index (χ0) is 17.8. The number of pyridine rings is 1. The molecule has 0 radical (unpaired) electrons. The van der Waals surface area contributed by atoms with Crippen LogP contribution in [0.1, 0.15) is 66.1 Å². The number of carbonyl (C=O) groups is 1. The first-order chi connectivity index (χ1) is 12.6. The fraction of sp³-hybridized carbons (Fsp3) is 0.421. The van der Waals surface area contributed by atoms with E-state index in [2.05, 4.69) is 29.1 Å². The zero-order valence-electron chi connectivity index (χ0n) is 14.8. The van der Waals surface area contributed by atoms with E-state index >= 15 is 0 Å². The van der Waals surface area contributed by atoms with Gasteiger partial charge < -0.3 is 4.90 Å². The second-order valence-electron chi connectivity index (χ2n) is 7.47. The molecule has 0 saturated carbocycles. The minimum Gasteiger partial charge on any atom is -0.328 e. The smallest absolute Gasteiger partial charge is 0.256 e. The van der Waals surface area contributed by atoms with Gasteiger partial charge >= 0.3 is 0 Å². The number of fused-ring (bicyclic) bond motifs is 5. The number of hydrogen-bond donors (Lipinski definition) is 0. The molecule has 0 N–H and O–H groups in total. The van der Waals surface area contributed by atoms with Crippen LogP contribution in [-0.4, -0.2) is 41.6 Å². The zero-order valence-corrected chi connectivity index (χ0v) is 14.8. The maximum Gasteiger partial charge on any atom is 0.256 e. The van der Waals surface area contributed by atoms with E-state index in [1.165, 1.54) is 0 Å². The molecule has 7 heteroatoms. The van der Waals surface area contributed by atoms with Crippen molar-refractivity contribution in [1.29, 1.82) is 0 Å². The van der Waals surface area contributed by atoms with Gasteiger partial charge in [-0.3, -0.25) is 4.79 Å². The fourth-order valence-corrected chi connectivity index (χ4v) is 4.18. The van der Waals surface area contributed by atoms with Gasteiger partial charge in [-0.05, 0) is 25.0 Å². The van der Waals surface area contributed by atoms with E-state index < -0.39 is 0 Å². The third-order valence-corrected chi connectivity index (χ3v) is 5.50. The van der Waals surface area contributed by atoms with Crippen LogP contribution in [0.2, 0.25) is 0 Å². The average molecular weight is 348 g/mol. The van der Waals surface area contributed by atoms with Crippen molar-refractivity contribution >= 4 is 11.4 Å². The molecule has 2 aliphatic rings. The topological polar surface area (TPSA) is 76.3 Å². The molecule has 2 unspecified atom stereocenters. The first-order valence-electron chi connectivity index (χ1n) is 9.10. The van der Waals surface area contributed by atoms with Crippen LogP contribution in [0.3, 0.4) is 0 Å². The maximum atomic E-state index is 13.2. The van der Waals surface area contributed by atoms with Gasteiger partial charge in [0.25, 0.3) is 5.91 Å². The SMILES string of the molecule is CC(C)c1ncc2c(n1)CC1CCC2N1C(=O)c1ccc2cnnn2c1. The molecule has 1 amide bonds. The number of rotatable bonds is 2. The highest BCUT2D eigenvalue weighted by Gasteiger charge is 2.43. The molecule has 5 rings (SSSR count). The van der Waals surface area contributed by atoms with Crippen molar-refractivity contribution in [3.8, 4) is 0 Å². The molecule has 1 fully saturated rings. The third-order valence-electron chi connectivity index (χ3n) is 5.50. The summed E-state index contributed by atoms with van der Waals surface area (Å²) in [6, 6.07) is 4.02. The third kappa shape index (κ3) is 2.23. The van der Waals surface area contributed by atoms with Gasteiger partial charge in [0, 0.05) is 36.3 Å². The van der Waals surface area contributed by atoms with E-state index in [9.17, 15) is 4.79 Å². The molecular weight excluding hydrogens is 328 g/mol. The highest BCUT2D eigenvalue weighted by molar-refractivity contribution is 5.95. The summed E-state index contributed by atoms with van der Waals surface area (Å²) in [5.74, 6) is 1.25. The fourth-order valence-electron chi connectivity index (χ4n) is 4.18. The molecular formula is C19H20N6O. The second kappa shape index (κ2) is 5.59. The van der Waals surface area contributed by atoms with Gasteiger partial charge in [-0.1, -0.05) is 19.1 Å². The van der Waals surface area contributed by atoms with Crippen LogP contribution >= 0.6 is 0 Å². The van der Waals surface area contributed by atoms with Gasteiger partial charge in [-0.25, -0.2) is 14.5 Å². The molecule has 1 saturated heterocycles. The van der Waals surface area contributed by atoms with E-state index in [1.54, 1.807) is 16.9 Å². The summed E-state index contributed by atoms with van der Waals surface area (Å²) in [6.45, 7) is 4.21. The van der Waals surface area contributed by atoms with Crippen LogP contribution in [0.4, 0.5) is 0 Å². The Morgan fingerprint density at radius 3 is 2.96 bits per heavy atom. The van der Waals surface area contributed by atoms with Crippen LogP contribution in [0.25, 0.3) is 5.52 Å². The van der Waals surface area contributed by atoms with Crippen LogP contribution < -0.4 is 0 Å². The number of amides is 1. The Kier molecular flexibility index (Phi) is 3.32. The van der Waals surface area contributed by atoms with Crippen molar-refractivity contribution in [1.82, 2.24) is 29.7 Å². The molecule has 5 heterocycles. The van der Waals surface area contributed by atoms with Crippen LogP contribution in [0, 0.1) is 0 Å². The van der Waals surface area contributed by atoms with Crippen molar-refractivity contribution in [2.45, 2.75) is 51.1 Å². The van der Waals surface area contributed by atoms with E-state index in [1.807, 2.05) is 23.2 Å². The number of nitrogens with zero attached hydrogens (tertiary/aromatic N) is 6. The Balaban J connectivity index is 1.51. The summed E-state index contributed by atoms with van der Waals surface area (Å²) < 4.78 is 1.64. The molecule has 0 aliphatic carbocycles. The molecule has 7 nitrogen and oxygen atoms in total. The average Bonchev–Trinajstić information content (AvgIpc) is 3.23. The maximum absolute atomic E-state index is 13.2. The van der Waals surface area contributed by atoms with Gasteiger partial charge in [0.1, 0.15) is 5.82 Å².